The van der Waals surface area contributed by atoms with Crippen molar-refractivity contribution < 1.29 is 9.59 Å². The highest BCUT2D eigenvalue weighted by atomic mass is 16.2. The molecule has 0 aliphatic carbocycles. The summed E-state index contributed by atoms with van der Waals surface area (Å²) in [6.45, 7) is 6.15. The molecular weight excluding hydrogens is 318 g/mol. The van der Waals surface area contributed by atoms with Gasteiger partial charge in [0.25, 0.3) is 0 Å². The van der Waals surface area contributed by atoms with E-state index in [9.17, 15) is 9.59 Å². The van der Waals surface area contributed by atoms with Gasteiger partial charge in [-0.15, -0.1) is 0 Å². The second-order valence-electron chi connectivity index (χ2n) is 6.83. The van der Waals surface area contributed by atoms with Crippen molar-refractivity contribution in [3.63, 3.8) is 0 Å². The highest BCUT2D eigenvalue weighted by Gasteiger charge is 2.17. The van der Waals surface area contributed by atoms with Crippen LogP contribution in [0.2, 0.25) is 0 Å². The van der Waals surface area contributed by atoms with Crippen LogP contribution in [0.3, 0.4) is 0 Å². The fraction of sp³-hybridized carbons (Fsp3) is 0.611. The van der Waals surface area contributed by atoms with E-state index < -0.39 is 6.04 Å². The number of nitrogens with one attached hydrogen (secondary N) is 2. The Labute approximate surface area is 149 Å². The highest BCUT2D eigenvalue weighted by molar-refractivity contribution is 5.87. The maximum Gasteiger partial charge on any atom is 0.239 e. The second-order valence-corrected chi connectivity index (χ2v) is 6.83. The Morgan fingerprint density at radius 2 is 1.96 bits per heavy atom. The number of hydrogen-bond acceptors (Lipinski definition) is 5. The SMILES string of the molecule is CC(C)[C@H](N)C(=O)NCC(=O)NCc1ccnc(N2CCCCC2)c1. The topological polar surface area (TPSA) is 100 Å². The van der Waals surface area contributed by atoms with Crippen LogP contribution in [0.25, 0.3) is 0 Å². The summed E-state index contributed by atoms with van der Waals surface area (Å²) in [6, 6.07) is 3.31. The van der Waals surface area contributed by atoms with E-state index in [0.29, 0.717) is 6.54 Å². The van der Waals surface area contributed by atoms with E-state index >= 15 is 0 Å². The summed E-state index contributed by atoms with van der Waals surface area (Å²) >= 11 is 0. The fourth-order valence-corrected chi connectivity index (χ4v) is 2.72. The molecule has 2 rings (SSSR count). The summed E-state index contributed by atoms with van der Waals surface area (Å²) in [6.07, 6.45) is 5.44. The van der Waals surface area contributed by atoms with E-state index in [-0.39, 0.29) is 24.3 Å². The standard InChI is InChI=1S/C18H29N5O2/c1-13(2)17(19)18(25)22-12-16(24)21-11-14-6-7-20-15(10-14)23-8-4-3-5-9-23/h6-7,10,13,17H,3-5,8-9,11-12,19H2,1-2H3,(H,21,24)(H,22,25)/t17-/m0/s1. The van der Waals surface area contributed by atoms with Crippen LogP contribution in [0.15, 0.2) is 18.3 Å². The van der Waals surface area contributed by atoms with Gasteiger partial charge in [-0.05, 0) is 42.9 Å². The van der Waals surface area contributed by atoms with Gasteiger partial charge in [-0.25, -0.2) is 4.98 Å². The fourth-order valence-electron chi connectivity index (χ4n) is 2.72. The first-order valence-electron chi connectivity index (χ1n) is 8.97. The zero-order chi connectivity index (χ0) is 18.2. The molecule has 1 aromatic heterocycles. The van der Waals surface area contributed by atoms with Crippen molar-refractivity contribution in [2.45, 2.75) is 45.7 Å². The smallest absolute Gasteiger partial charge is 0.239 e. The molecule has 7 nitrogen and oxygen atoms in total. The lowest BCUT2D eigenvalue weighted by molar-refractivity contribution is -0.127. The molecule has 25 heavy (non-hydrogen) atoms. The molecule has 1 saturated heterocycles. The van der Waals surface area contributed by atoms with Gasteiger partial charge in [-0.3, -0.25) is 9.59 Å². The van der Waals surface area contributed by atoms with Gasteiger partial charge in [0.05, 0.1) is 12.6 Å². The Morgan fingerprint density at radius 1 is 1.24 bits per heavy atom. The molecule has 4 N–H and O–H groups in total. The number of nitrogens with two attached hydrogens (primary N) is 1. The number of carbonyl (C=O) groups is 2. The van der Waals surface area contributed by atoms with Gasteiger partial charge in [0.2, 0.25) is 11.8 Å². The number of amides is 2. The van der Waals surface area contributed by atoms with Gasteiger partial charge in [0.15, 0.2) is 0 Å². The first kappa shape index (κ1) is 19.2. The van der Waals surface area contributed by atoms with Crippen LogP contribution in [0, 0.1) is 5.92 Å². The van der Waals surface area contributed by atoms with E-state index in [0.717, 1.165) is 24.5 Å². The van der Waals surface area contributed by atoms with Gasteiger partial charge in [-0.1, -0.05) is 13.8 Å². The van der Waals surface area contributed by atoms with Gasteiger partial charge >= 0.3 is 0 Å². The minimum atomic E-state index is -0.597. The van der Waals surface area contributed by atoms with Crippen molar-refractivity contribution in [1.82, 2.24) is 15.6 Å². The molecule has 0 unspecified atom stereocenters. The number of aromatic nitrogens is 1. The predicted molar refractivity (Wildman–Crippen MR) is 98.0 cm³/mol. The lowest BCUT2D eigenvalue weighted by atomic mass is 10.1. The van der Waals surface area contributed by atoms with Gasteiger partial charge in [0, 0.05) is 25.8 Å². The van der Waals surface area contributed by atoms with E-state index in [1.54, 1.807) is 6.20 Å². The van der Waals surface area contributed by atoms with Crippen molar-refractivity contribution >= 4 is 17.6 Å². The number of piperidine rings is 1. The first-order valence-corrected chi connectivity index (χ1v) is 8.97. The highest BCUT2D eigenvalue weighted by Crippen LogP contribution is 2.18. The number of anilines is 1. The average Bonchev–Trinajstić information content (AvgIpc) is 2.64. The molecule has 1 fully saturated rings. The molecule has 2 heterocycles. The van der Waals surface area contributed by atoms with Gasteiger partial charge in [-0.2, -0.15) is 0 Å². The van der Waals surface area contributed by atoms with Crippen molar-refractivity contribution in [2.24, 2.45) is 11.7 Å². The molecule has 0 bridgehead atoms. The van der Waals surface area contributed by atoms with Crippen molar-refractivity contribution in [3.8, 4) is 0 Å². The normalized spacial score (nSPS) is 15.8. The van der Waals surface area contributed by atoms with Crippen LogP contribution >= 0.6 is 0 Å². The monoisotopic (exact) mass is 347 g/mol. The summed E-state index contributed by atoms with van der Waals surface area (Å²) in [5.41, 5.74) is 6.74. The van der Waals surface area contributed by atoms with Crippen LogP contribution in [-0.2, 0) is 16.1 Å². The molecule has 1 aliphatic rings. The predicted octanol–water partition coefficient (Wildman–Crippen LogP) is 0.788. The van der Waals surface area contributed by atoms with Crippen LogP contribution in [0.1, 0.15) is 38.7 Å². The Morgan fingerprint density at radius 3 is 2.64 bits per heavy atom. The molecule has 7 heteroatoms. The zero-order valence-corrected chi connectivity index (χ0v) is 15.1. The third-order valence-electron chi connectivity index (χ3n) is 4.42. The Balaban J connectivity index is 1.78. The second kappa shape index (κ2) is 9.36. The van der Waals surface area contributed by atoms with Crippen LogP contribution < -0.4 is 21.3 Å². The maximum absolute atomic E-state index is 11.9. The number of carbonyl (C=O) groups excluding carboxylic acids is 2. The van der Waals surface area contributed by atoms with Crippen LogP contribution in [-0.4, -0.2) is 42.5 Å². The van der Waals surface area contributed by atoms with E-state index in [1.807, 2.05) is 26.0 Å². The van der Waals surface area contributed by atoms with Gasteiger partial charge < -0.3 is 21.3 Å². The molecule has 1 aliphatic heterocycles. The lowest BCUT2D eigenvalue weighted by Gasteiger charge is -2.27. The third-order valence-corrected chi connectivity index (χ3v) is 4.42. The summed E-state index contributed by atoms with van der Waals surface area (Å²) < 4.78 is 0. The van der Waals surface area contributed by atoms with Crippen LogP contribution in [0.5, 0.6) is 0 Å². The van der Waals surface area contributed by atoms with Crippen molar-refractivity contribution in [3.05, 3.63) is 23.9 Å². The third kappa shape index (κ3) is 6.01. The quantitative estimate of drug-likeness (QED) is 0.677. The van der Waals surface area contributed by atoms with E-state index in [2.05, 4.69) is 20.5 Å². The summed E-state index contributed by atoms with van der Waals surface area (Å²) in [4.78, 5) is 30.4. The molecule has 0 aromatic carbocycles. The van der Waals surface area contributed by atoms with Gasteiger partial charge in [0.1, 0.15) is 5.82 Å². The molecule has 0 spiro atoms. The number of rotatable bonds is 7. The average molecular weight is 347 g/mol. The minimum Gasteiger partial charge on any atom is -0.357 e. The Hall–Kier alpha value is -2.15. The largest absolute Gasteiger partial charge is 0.357 e. The molecule has 0 saturated carbocycles. The summed E-state index contributed by atoms with van der Waals surface area (Å²) in [5, 5.41) is 5.38. The summed E-state index contributed by atoms with van der Waals surface area (Å²) in [7, 11) is 0. The molecule has 0 radical (unpaired) electrons. The Kier molecular flexibility index (Phi) is 7.18. The molecular formula is C18H29N5O2. The molecule has 1 atom stereocenters. The number of nitrogens with zero attached hydrogens (tertiary/aromatic N) is 2. The molecule has 138 valence electrons. The van der Waals surface area contributed by atoms with E-state index in [4.69, 9.17) is 5.73 Å². The minimum absolute atomic E-state index is 0.0353. The lowest BCUT2D eigenvalue weighted by Crippen LogP contribution is -2.47. The van der Waals surface area contributed by atoms with Crippen molar-refractivity contribution in [2.75, 3.05) is 24.5 Å². The maximum atomic E-state index is 11.9. The van der Waals surface area contributed by atoms with Crippen molar-refractivity contribution in [1.29, 1.82) is 0 Å². The molecule has 1 aromatic rings. The van der Waals surface area contributed by atoms with Crippen LogP contribution in [0.4, 0.5) is 5.82 Å². The Bertz CT molecular complexity index is 585. The molecule has 2 amide bonds. The van der Waals surface area contributed by atoms with E-state index in [1.165, 1.54) is 19.3 Å². The number of hydrogen-bond donors (Lipinski definition) is 3. The zero-order valence-electron chi connectivity index (χ0n) is 15.1. The summed E-state index contributed by atoms with van der Waals surface area (Å²) in [5.74, 6) is 0.456. The first-order chi connectivity index (χ1) is 12.0. The number of pyridine rings is 1.